The molecule has 2 aromatic heterocycles. The summed E-state index contributed by atoms with van der Waals surface area (Å²) in [5, 5.41) is 18.7. The van der Waals surface area contributed by atoms with Crippen molar-refractivity contribution in [3.8, 4) is 11.5 Å². The first-order valence-corrected chi connectivity index (χ1v) is 14.7. The molecule has 11 nitrogen and oxygen atoms in total. The van der Waals surface area contributed by atoms with Gasteiger partial charge in [0.05, 0.1) is 25.7 Å². The second kappa shape index (κ2) is 12.5. The molecule has 11 heteroatoms. The number of piperidine rings is 1. The highest BCUT2D eigenvalue weighted by Crippen LogP contribution is 2.36. The molecule has 3 heterocycles. The summed E-state index contributed by atoms with van der Waals surface area (Å²) in [4.78, 5) is 30.7. The van der Waals surface area contributed by atoms with E-state index in [2.05, 4.69) is 5.32 Å². The first-order valence-electron chi connectivity index (χ1n) is 14.7. The molecule has 0 radical (unpaired) electrons. The molecular formula is C31H41N5O6. The number of amides is 1. The molecule has 0 bridgehead atoms. The number of benzene rings is 1. The molecule has 1 amide bonds. The van der Waals surface area contributed by atoms with E-state index in [-0.39, 0.29) is 24.2 Å². The number of fused-ring (bicyclic) bond motifs is 1. The molecule has 1 saturated carbocycles. The number of hydrogen-bond donors (Lipinski definition) is 2. The van der Waals surface area contributed by atoms with Gasteiger partial charge in [-0.3, -0.25) is 4.79 Å². The van der Waals surface area contributed by atoms with Gasteiger partial charge in [0.15, 0.2) is 11.5 Å². The smallest absolute Gasteiger partial charge is 0.410 e. The predicted octanol–water partition coefficient (Wildman–Crippen LogP) is 5.32. The quantitative estimate of drug-likeness (QED) is 0.364. The number of carboxylic acids is 1. The average molecular weight is 580 g/mol. The minimum atomic E-state index is -0.737. The molecule has 0 unspecified atom stereocenters. The maximum absolute atomic E-state index is 12.8. The van der Waals surface area contributed by atoms with Gasteiger partial charge in [-0.15, -0.1) is 0 Å². The van der Waals surface area contributed by atoms with E-state index in [4.69, 9.17) is 24.3 Å². The Hall–Kier alpha value is -4.02. The predicted molar refractivity (Wildman–Crippen MR) is 158 cm³/mol. The van der Waals surface area contributed by atoms with Crippen LogP contribution in [-0.2, 0) is 16.1 Å². The number of aliphatic carboxylic acids is 1. The summed E-state index contributed by atoms with van der Waals surface area (Å²) < 4.78 is 19.3. The Balaban J connectivity index is 1.42. The van der Waals surface area contributed by atoms with E-state index in [9.17, 15) is 14.7 Å². The zero-order chi connectivity index (χ0) is 29.9. The highest BCUT2D eigenvalue weighted by Gasteiger charge is 2.31. The van der Waals surface area contributed by atoms with Crippen LogP contribution in [0.25, 0.3) is 11.0 Å². The van der Waals surface area contributed by atoms with Crippen molar-refractivity contribution in [1.29, 1.82) is 0 Å². The number of anilines is 1. The largest absolute Gasteiger partial charge is 0.497 e. The number of methoxy groups -OCH3 is 1. The summed E-state index contributed by atoms with van der Waals surface area (Å²) >= 11 is 0. The van der Waals surface area contributed by atoms with Crippen LogP contribution in [0, 0.1) is 5.92 Å². The molecule has 1 atom stereocenters. The van der Waals surface area contributed by atoms with Crippen molar-refractivity contribution in [1.82, 2.24) is 19.7 Å². The van der Waals surface area contributed by atoms with Gasteiger partial charge in [-0.05, 0) is 83.1 Å². The van der Waals surface area contributed by atoms with Crippen LogP contribution in [0.5, 0.6) is 11.5 Å². The lowest BCUT2D eigenvalue weighted by Crippen LogP contribution is -2.47. The number of carbonyl (C=O) groups is 2. The van der Waals surface area contributed by atoms with Gasteiger partial charge < -0.3 is 29.5 Å². The van der Waals surface area contributed by atoms with Crippen LogP contribution in [0.2, 0.25) is 0 Å². The van der Waals surface area contributed by atoms with Gasteiger partial charge in [-0.25, -0.2) is 14.5 Å². The highest BCUT2D eigenvalue weighted by atomic mass is 16.6. The highest BCUT2D eigenvalue weighted by molar-refractivity contribution is 5.93. The van der Waals surface area contributed by atoms with Gasteiger partial charge in [0, 0.05) is 25.3 Å². The molecule has 2 aliphatic rings. The Labute approximate surface area is 246 Å². The number of hydrogen-bond acceptors (Lipinski definition) is 8. The Bertz CT molecular complexity index is 1390. The normalized spacial score (nSPS) is 21.1. The molecule has 5 rings (SSSR count). The summed E-state index contributed by atoms with van der Waals surface area (Å²) in [6, 6.07) is 9.66. The minimum Gasteiger partial charge on any atom is -0.497 e. The standard InChI is InChI=1S/C31H41N5O6/c1-31(2,3)42-30(39)35-17-5-6-22(19-35)33-27-26-25(41-24-13-9-21(10-14-24)29(37)38)15-16-32-28(26)36(34-27)18-20-7-11-23(40-4)12-8-20/h7-8,11-12,15-16,21-22,24H,5-6,9-10,13-14,17-19H2,1-4H3,(H,33,34)(H,37,38)/t21-,22-,24-/m1/s1. The summed E-state index contributed by atoms with van der Waals surface area (Å²) in [7, 11) is 1.64. The zero-order valence-electron chi connectivity index (χ0n) is 24.8. The number of nitrogens with one attached hydrogen (secondary N) is 1. The average Bonchev–Trinajstić information content (AvgIpc) is 3.30. The van der Waals surface area contributed by atoms with E-state index >= 15 is 0 Å². The lowest BCUT2D eigenvalue weighted by atomic mass is 9.87. The Morgan fingerprint density at radius 1 is 1.07 bits per heavy atom. The van der Waals surface area contributed by atoms with E-state index in [0.29, 0.717) is 62.5 Å². The van der Waals surface area contributed by atoms with Gasteiger partial charge in [-0.2, -0.15) is 5.10 Å². The summed E-state index contributed by atoms with van der Waals surface area (Å²) in [6.07, 6.45) is 5.59. The fraction of sp³-hybridized carbons (Fsp3) is 0.548. The fourth-order valence-corrected chi connectivity index (χ4v) is 5.67. The third-order valence-electron chi connectivity index (χ3n) is 7.82. The number of likely N-dealkylation sites (tertiary alicyclic amines) is 1. The maximum atomic E-state index is 12.8. The molecule has 2 N–H and O–H groups in total. The number of nitrogens with zero attached hydrogens (tertiary/aromatic N) is 4. The summed E-state index contributed by atoms with van der Waals surface area (Å²) in [6.45, 7) is 7.25. The van der Waals surface area contributed by atoms with Crippen molar-refractivity contribution in [2.45, 2.75) is 83.6 Å². The van der Waals surface area contributed by atoms with Crippen molar-refractivity contribution >= 4 is 28.9 Å². The molecule has 2 fully saturated rings. The second-order valence-corrected chi connectivity index (χ2v) is 12.2. The van der Waals surface area contributed by atoms with Crippen molar-refractivity contribution in [2.24, 2.45) is 5.92 Å². The number of pyridine rings is 1. The van der Waals surface area contributed by atoms with Crippen molar-refractivity contribution in [2.75, 3.05) is 25.5 Å². The zero-order valence-corrected chi connectivity index (χ0v) is 24.8. The van der Waals surface area contributed by atoms with Crippen LogP contribution >= 0.6 is 0 Å². The molecule has 226 valence electrons. The number of rotatable bonds is 8. The van der Waals surface area contributed by atoms with Crippen molar-refractivity contribution < 1.29 is 28.9 Å². The van der Waals surface area contributed by atoms with Gasteiger partial charge in [0.25, 0.3) is 0 Å². The van der Waals surface area contributed by atoms with E-state index in [1.807, 2.05) is 55.8 Å². The SMILES string of the molecule is COc1ccc(Cn2nc(N[C@@H]3CCCN(C(=O)OC(C)(C)C)C3)c3c(O[C@H]4CC[C@H](C(=O)O)CC4)ccnc32)cc1. The third-order valence-corrected chi connectivity index (χ3v) is 7.82. The van der Waals surface area contributed by atoms with E-state index in [1.165, 1.54) is 0 Å². The molecule has 1 aromatic carbocycles. The molecule has 1 aliphatic heterocycles. The van der Waals surface area contributed by atoms with E-state index in [0.717, 1.165) is 29.5 Å². The monoisotopic (exact) mass is 579 g/mol. The van der Waals surface area contributed by atoms with Crippen LogP contribution in [-0.4, -0.2) is 74.8 Å². The maximum Gasteiger partial charge on any atom is 0.410 e. The number of aromatic nitrogens is 3. The second-order valence-electron chi connectivity index (χ2n) is 12.2. The van der Waals surface area contributed by atoms with Gasteiger partial charge in [0.2, 0.25) is 0 Å². The van der Waals surface area contributed by atoms with Crippen LogP contribution in [0.3, 0.4) is 0 Å². The Morgan fingerprint density at radius 3 is 2.48 bits per heavy atom. The van der Waals surface area contributed by atoms with E-state index < -0.39 is 11.6 Å². The number of ether oxygens (including phenoxy) is 3. The molecule has 42 heavy (non-hydrogen) atoms. The first-order chi connectivity index (χ1) is 20.1. The van der Waals surface area contributed by atoms with Crippen LogP contribution < -0.4 is 14.8 Å². The van der Waals surface area contributed by atoms with Crippen LogP contribution in [0.15, 0.2) is 36.5 Å². The fourth-order valence-electron chi connectivity index (χ4n) is 5.67. The lowest BCUT2D eigenvalue weighted by Gasteiger charge is -2.34. The van der Waals surface area contributed by atoms with Gasteiger partial charge in [-0.1, -0.05) is 12.1 Å². The molecule has 1 saturated heterocycles. The Morgan fingerprint density at radius 2 is 1.81 bits per heavy atom. The molecular weight excluding hydrogens is 538 g/mol. The molecule has 0 spiro atoms. The lowest BCUT2D eigenvalue weighted by molar-refractivity contribution is -0.143. The van der Waals surface area contributed by atoms with Crippen LogP contribution in [0.1, 0.15) is 64.9 Å². The summed E-state index contributed by atoms with van der Waals surface area (Å²) in [5.41, 5.74) is 1.17. The molecule has 3 aromatic rings. The first kappa shape index (κ1) is 29.5. The van der Waals surface area contributed by atoms with Gasteiger partial charge >= 0.3 is 12.1 Å². The van der Waals surface area contributed by atoms with Crippen molar-refractivity contribution in [3.05, 3.63) is 42.1 Å². The summed E-state index contributed by atoms with van der Waals surface area (Å²) in [5.74, 6) is 1.05. The topological polar surface area (TPSA) is 128 Å². The third kappa shape index (κ3) is 7.06. The van der Waals surface area contributed by atoms with Gasteiger partial charge in [0.1, 0.15) is 22.5 Å². The van der Waals surface area contributed by atoms with Crippen molar-refractivity contribution in [3.63, 3.8) is 0 Å². The van der Waals surface area contributed by atoms with E-state index in [1.54, 1.807) is 18.2 Å². The molecule has 1 aliphatic carbocycles. The number of carboxylic acid groups (broad SMARTS) is 1. The Kier molecular flexibility index (Phi) is 8.74. The van der Waals surface area contributed by atoms with Crippen LogP contribution in [0.4, 0.5) is 10.6 Å². The number of carbonyl (C=O) groups excluding carboxylic acids is 1. The minimum absolute atomic E-state index is 0.0298.